The second-order valence-corrected chi connectivity index (χ2v) is 33.8. The summed E-state index contributed by atoms with van der Waals surface area (Å²) in [5.74, 6) is -1.61. The van der Waals surface area contributed by atoms with E-state index in [1.54, 1.807) is 6.92 Å². The van der Waals surface area contributed by atoms with Crippen LogP contribution in [0.4, 0.5) is 4.79 Å². The van der Waals surface area contributed by atoms with E-state index < -0.39 is 78.9 Å². The minimum Gasteiger partial charge on any atom is -0.460 e. The first-order valence-electron chi connectivity index (χ1n) is 18.5. The Labute approximate surface area is 312 Å². The number of rotatable bonds is 17. The first-order valence-corrected chi connectivity index (χ1v) is 28.0. The lowest BCUT2D eigenvalue weighted by molar-refractivity contribution is -0.149. The smallest absolute Gasteiger partial charge is 0.424 e. The van der Waals surface area contributed by atoms with Gasteiger partial charge in [0.25, 0.3) is 0 Å². The molecule has 0 aromatic rings. The van der Waals surface area contributed by atoms with Crippen LogP contribution >= 0.6 is 0 Å². The molecule has 1 heterocycles. The number of hydrogen-bond donors (Lipinski definition) is 3. The Kier molecular flexibility index (Phi) is 17.3. The molecule has 0 aromatic heterocycles. The van der Waals surface area contributed by atoms with Gasteiger partial charge in [-0.1, -0.05) is 87.7 Å². The first kappa shape index (κ1) is 47.0. The molecule has 1 fully saturated rings. The fourth-order valence-electron chi connectivity index (χ4n) is 4.87. The van der Waals surface area contributed by atoms with Gasteiger partial charge in [0.05, 0.1) is 25.4 Å². The molecule has 296 valence electrons. The summed E-state index contributed by atoms with van der Waals surface area (Å²) in [5.41, 5.74) is 3.06. The van der Waals surface area contributed by atoms with Crippen LogP contribution in [0.1, 0.15) is 75.2 Å². The van der Waals surface area contributed by atoms with E-state index >= 15 is 0 Å². The average Bonchev–Trinajstić information content (AvgIpc) is 2.95. The summed E-state index contributed by atoms with van der Waals surface area (Å²) in [4.78, 5) is 54.5. The van der Waals surface area contributed by atoms with Crippen LogP contribution in [0.15, 0.2) is 12.7 Å². The molecule has 0 radical (unpaired) electrons. The Morgan fingerprint density at radius 1 is 0.902 bits per heavy atom. The fourth-order valence-corrected chi connectivity index (χ4v) is 8.36. The van der Waals surface area contributed by atoms with E-state index in [0.29, 0.717) is 19.4 Å². The fraction of sp³-hybridized carbons (Fsp3) is 0.833. The van der Waals surface area contributed by atoms with Crippen LogP contribution in [0.3, 0.4) is 0 Å². The van der Waals surface area contributed by atoms with Gasteiger partial charge in [-0.15, -0.1) is 0 Å². The highest BCUT2D eigenvalue weighted by Crippen LogP contribution is 2.39. The summed E-state index contributed by atoms with van der Waals surface area (Å²) >= 11 is 0. The molecule has 0 unspecified atom stereocenters. The van der Waals surface area contributed by atoms with Crippen LogP contribution in [0.25, 0.3) is 0 Å². The summed E-state index contributed by atoms with van der Waals surface area (Å²) in [5, 5.41) is 6.87. The minimum atomic E-state index is -2.34. The van der Waals surface area contributed by atoms with Crippen molar-refractivity contribution < 1.29 is 37.5 Å². The van der Waals surface area contributed by atoms with Gasteiger partial charge in [-0.25, -0.2) is 20.0 Å². The lowest BCUT2D eigenvalue weighted by atomic mass is 10.0. The van der Waals surface area contributed by atoms with Crippen LogP contribution in [0, 0.1) is 5.92 Å². The van der Waals surface area contributed by atoms with E-state index in [1.165, 1.54) is 11.1 Å². The van der Waals surface area contributed by atoms with Gasteiger partial charge in [0.2, 0.25) is 11.8 Å². The van der Waals surface area contributed by atoms with Gasteiger partial charge < -0.3 is 29.0 Å². The van der Waals surface area contributed by atoms with E-state index in [4.69, 9.17) is 18.3 Å². The summed E-state index contributed by atoms with van der Waals surface area (Å²) in [6.07, 6.45) is 0.368. The zero-order valence-corrected chi connectivity index (χ0v) is 37.7. The number of hydrazine groups is 1. The molecule has 15 heteroatoms. The van der Waals surface area contributed by atoms with Crippen molar-refractivity contribution in [2.75, 3.05) is 19.8 Å². The summed E-state index contributed by atoms with van der Waals surface area (Å²) in [7, 11) is -6.06. The molecule has 1 rings (SSSR count). The van der Waals surface area contributed by atoms with Crippen molar-refractivity contribution in [3.63, 3.8) is 0 Å². The third-order valence-electron chi connectivity index (χ3n) is 10.1. The Balaban J connectivity index is 3.35. The van der Waals surface area contributed by atoms with Gasteiger partial charge in [-0.3, -0.25) is 9.59 Å². The maximum Gasteiger partial charge on any atom is 0.424 e. The second kappa shape index (κ2) is 18.8. The number of nitrogens with one attached hydrogen (secondary N) is 3. The van der Waals surface area contributed by atoms with E-state index in [-0.39, 0.29) is 29.1 Å². The Hall–Kier alpha value is -2.05. The number of esters is 1. The van der Waals surface area contributed by atoms with E-state index in [9.17, 15) is 19.2 Å². The Bertz CT molecular complexity index is 1190. The van der Waals surface area contributed by atoms with Crippen molar-refractivity contribution in [2.45, 2.75) is 167 Å². The highest BCUT2D eigenvalue weighted by Gasteiger charge is 2.45. The van der Waals surface area contributed by atoms with E-state index in [1.807, 2.05) is 13.8 Å². The van der Waals surface area contributed by atoms with Gasteiger partial charge in [-0.2, -0.15) is 0 Å². The van der Waals surface area contributed by atoms with Crippen LogP contribution in [-0.2, 0) is 32.7 Å². The van der Waals surface area contributed by atoms with Crippen molar-refractivity contribution in [3.8, 4) is 0 Å². The molecule has 5 atom stereocenters. The summed E-state index contributed by atoms with van der Waals surface area (Å²) in [6, 6.07) is -2.16. The number of nitrogens with zero attached hydrogens (tertiary/aromatic N) is 1. The average molecular weight is 773 g/mol. The molecule has 0 aliphatic carbocycles. The molecule has 3 N–H and O–H groups in total. The zero-order chi connectivity index (χ0) is 39.8. The summed E-state index contributed by atoms with van der Waals surface area (Å²) < 4.78 is 24.2. The first-order chi connectivity index (χ1) is 23.0. The highest BCUT2D eigenvalue weighted by atomic mass is 28.4. The topological polar surface area (TPSA) is 145 Å². The molecule has 12 nitrogen and oxygen atoms in total. The highest BCUT2D eigenvalue weighted by molar-refractivity contribution is 6.76. The molecule has 1 saturated heterocycles. The Morgan fingerprint density at radius 2 is 1.47 bits per heavy atom. The van der Waals surface area contributed by atoms with Gasteiger partial charge in [-0.05, 0) is 61.6 Å². The van der Waals surface area contributed by atoms with Gasteiger partial charge >= 0.3 is 12.1 Å². The molecule has 0 saturated carbocycles. The summed E-state index contributed by atoms with van der Waals surface area (Å²) in [6.45, 7) is 37.5. The van der Waals surface area contributed by atoms with Crippen molar-refractivity contribution >= 4 is 48.6 Å². The maximum atomic E-state index is 14.0. The molecule has 0 spiro atoms. The van der Waals surface area contributed by atoms with Crippen molar-refractivity contribution in [3.05, 3.63) is 12.7 Å². The molecule has 3 amide bonds. The van der Waals surface area contributed by atoms with Crippen LogP contribution in [-0.4, -0.2) is 104 Å². The predicted octanol–water partition coefficient (Wildman–Crippen LogP) is 6.59. The Morgan fingerprint density at radius 3 is 1.96 bits per heavy atom. The van der Waals surface area contributed by atoms with Crippen molar-refractivity contribution in [2.24, 2.45) is 5.92 Å². The molecule has 51 heavy (non-hydrogen) atoms. The maximum absolute atomic E-state index is 14.0. The lowest BCUT2D eigenvalue weighted by Gasteiger charge is -2.44. The molecule has 1 aliphatic heterocycles. The molecular weight excluding hydrogens is 701 g/mol. The molecule has 1 aliphatic rings. The standard InChI is InChI=1S/C36H72N4O8Si3/c1-18-19-45-33(43)30(26(4)47-50(14,15)35(5,6)7)38-31(41)28(22-25(2)3)37-32(42)29-23-27(48-51(16,17)36(8,9)10)24-40(39-29)34(44)46-20-21-49(11,12)13/h18,25-30,39H,1,19-24H2,2-17H3,(H,37,42)(H,38,41)/t26-,27+,28-,29+,30+/m0/s1. The number of ether oxygens (including phenoxy) is 2. The zero-order valence-electron chi connectivity index (χ0n) is 34.7. The van der Waals surface area contributed by atoms with Crippen LogP contribution in [0.5, 0.6) is 0 Å². The predicted molar refractivity (Wildman–Crippen MR) is 212 cm³/mol. The minimum absolute atomic E-state index is 0.0211. The van der Waals surface area contributed by atoms with Crippen molar-refractivity contribution in [1.29, 1.82) is 0 Å². The molecule has 0 aromatic carbocycles. The van der Waals surface area contributed by atoms with Gasteiger partial charge in [0, 0.05) is 14.5 Å². The number of carbonyl (C=O) groups excluding carboxylic acids is 4. The van der Waals surface area contributed by atoms with Gasteiger partial charge in [0.1, 0.15) is 18.7 Å². The number of amides is 3. The quantitative estimate of drug-likeness (QED) is 0.0848. The van der Waals surface area contributed by atoms with Crippen LogP contribution < -0.4 is 16.1 Å². The SMILES string of the molecule is C=CCOC(=O)[C@H](NC(=O)[C@H](CC(C)C)NC(=O)[C@H]1C[C@@H](O[Si](C)(C)C(C)(C)C)CN(C(=O)OCC[Si](C)(C)C)N1)[C@H](C)O[Si](C)(C)C(C)(C)C. The largest absolute Gasteiger partial charge is 0.460 e. The van der Waals surface area contributed by atoms with E-state index in [2.05, 4.69) is 110 Å². The molecule has 0 bridgehead atoms. The van der Waals surface area contributed by atoms with Gasteiger partial charge in [0.15, 0.2) is 22.7 Å². The third kappa shape index (κ3) is 15.5. The van der Waals surface area contributed by atoms with E-state index in [0.717, 1.165) is 6.04 Å². The number of carbonyl (C=O) groups is 4. The van der Waals surface area contributed by atoms with Crippen molar-refractivity contribution in [1.82, 2.24) is 21.1 Å². The molecular formula is C36H72N4O8Si3. The number of hydrogen-bond acceptors (Lipinski definition) is 9. The van der Waals surface area contributed by atoms with Crippen LogP contribution in [0.2, 0.25) is 61.9 Å². The lowest BCUT2D eigenvalue weighted by Crippen LogP contribution is -2.65. The third-order valence-corrected chi connectivity index (χ3v) is 20.9. The normalized spacial score (nSPS) is 19.5. The second-order valence-electron chi connectivity index (χ2n) is 18.6. The monoisotopic (exact) mass is 772 g/mol.